The van der Waals surface area contributed by atoms with E-state index in [0.717, 1.165) is 5.75 Å². The Hall–Kier alpha value is -3.66. The smallest absolute Gasteiger partial charge is 0.269 e. The minimum atomic E-state index is -0.456. The molecule has 0 radical (unpaired) electrons. The summed E-state index contributed by atoms with van der Waals surface area (Å²) in [6, 6.07) is 13.2. The number of carbonyl (C=O) groups excluding carboxylic acids is 1. The van der Waals surface area contributed by atoms with Gasteiger partial charge in [-0.05, 0) is 43.3 Å². The highest BCUT2D eigenvalue weighted by Gasteiger charge is 2.16. The molecular formula is C21H21N5O4S. The van der Waals surface area contributed by atoms with E-state index in [1.54, 1.807) is 42.5 Å². The van der Waals surface area contributed by atoms with Crippen molar-refractivity contribution in [2.45, 2.75) is 18.6 Å². The van der Waals surface area contributed by atoms with Crippen molar-refractivity contribution >= 4 is 29.0 Å². The molecule has 9 nitrogen and oxygen atoms in total. The highest BCUT2D eigenvalue weighted by Crippen LogP contribution is 2.26. The highest BCUT2D eigenvalue weighted by atomic mass is 32.2. The van der Waals surface area contributed by atoms with Gasteiger partial charge in [-0.1, -0.05) is 17.8 Å². The molecular weight excluding hydrogens is 418 g/mol. The number of benzene rings is 2. The predicted molar refractivity (Wildman–Crippen MR) is 119 cm³/mol. The molecule has 31 heavy (non-hydrogen) atoms. The first-order valence-corrected chi connectivity index (χ1v) is 10.4. The van der Waals surface area contributed by atoms with Crippen molar-refractivity contribution in [1.82, 2.24) is 14.8 Å². The molecule has 1 N–H and O–H groups in total. The number of nitrogens with one attached hydrogen (secondary N) is 1. The van der Waals surface area contributed by atoms with Crippen molar-refractivity contribution in [3.05, 3.63) is 71.3 Å². The van der Waals surface area contributed by atoms with Crippen LogP contribution in [0.1, 0.15) is 6.92 Å². The molecule has 0 unspecified atom stereocenters. The van der Waals surface area contributed by atoms with Gasteiger partial charge in [0.25, 0.3) is 5.69 Å². The van der Waals surface area contributed by atoms with Gasteiger partial charge in [0.1, 0.15) is 5.75 Å². The molecule has 2 aromatic carbocycles. The van der Waals surface area contributed by atoms with Gasteiger partial charge in [0.2, 0.25) is 5.91 Å². The van der Waals surface area contributed by atoms with Crippen LogP contribution in [0.2, 0.25) is 0 Å². The lowest BCUT2D eigenvalue weighted by atomic mass is 10.2. The zero-order valence-corrected chi connectivity index (χ0v) is 17.7. The van der Waals surface area contributed by atoms with Crippen LogP contribution in [0.3, 0.4) is 0 Å². The fourth-order valence-electron chi connectivity index (χ4n) is 2.76. The quantitative estimate of drug-likeness (QED) is 0.218. The zero-order chi connectivity index (χ0) is 22.2. The summed E-state index contributed by atoms with van der Waals surface area (Å²) in [4.78, 5) is 22.7. The normalized spacial score (nSPS) is 10.5. The van der Waals surface area contributed by atoms with Crippen LogP contribution < -0.4 is 10.1 Å². The van der Waals surface area contributed by atoms with E-state index in [9.17, 15) is 14.9 Å². The summed E-state index contributed by atoms with van der Waals surface area (Å²) in [5.74, 6) is 1.25. The van der Waals surface area contributed by atoms with Crippen LogP contribution in [0, 0.1) is 10.1 Å². The van der Waals surface area contributed by atoms with E-state index in [4.69, 9.17) is 4.74 Å². The van der Waals surface area contributed by atoms with Gasteiger partial charge in [-0.3, -0.25) is 19.5 Å². The van der Waals surface area contributed by atoms with E-state index in [2.05, 4.69) is 22.1 Å². The zero-order valence-electron chi connectivity index (χ0n) is 16.9. The van der Waals surface area contributed by atoms with Crippen molar-refractivity contribution < 1.29 is 14.5 Å². The van der Waals surface area contributed by atoms with Gasteiger partial charge in [0, 0.05) is 29.9 Å². The van der Waals surface area contributed by atoms with E-state index >= 15 is 0 Å². The molecule has 0 fully saturated rings. The molecule has 0 aliphatic carbocycles. The third-order valence-electron chi connectivity index (χ3n) is 4.15. The summed E-state index contributed by atoms with van der Waals surface area (Å²) in [5, 5.41) is 22.6. The molecule has 0 spiro atoms. The number of non-ortho nitro benzene ring substituents is 1. The maximum Gasteiger partial charge on any atom is 0.269 e. The minimum Gasteiger partial charge on any atom is -0.494 e. The molecule has 0 bridgehead atoms. The average molecular weight is 439 g/mol. The van der Waals surface area contributed by atoms with Crippen LogP contribution in [-0.4, -0.2) is 38.0 Å². The Morgan fingerprint density at radius 3 is 2.55 bits per heavy atom. The third-order valence-corrected chi connectivity index (χ3v) is 5.11. The average Bonchev–Trinajstić information content (AvgIpc) is 3.17. The Labute approximate surface area is 183 Å². The first kappa shape index (κ1) is 22.0. The van der Waals surface area contributed by atoms with Crippen LogP contribution in [0.25, 0.3) is 11.4 Å². The highest BCUT2D eigenvalue weighted by molar-refractivity contribution is 7.99. The lowest BCUT2D eigenvalue weighted by Gasteiger charge is -2.09. The molecule has 0 aliphatic rings. The van der Waals surface area contributed by atoms with Gasteiger partial charge in [-0.2, -0.15) is 0 Å². The summed E-state index contributed by atoms with van der Waals surface area (Å²) in [7, 11) is 0. The van der Waals surface area contributed by atoms with Gasteiger partial charge < -0.3 is 10.1 Å². The lowest BCUT2D eigenvalue weighted by Crippen LogP contribution is -2.14. The van der Waals surface area contributed by atoms with Crippen molar-refractivity contribution in [3.8, 4) is 17.1 Å². The fourth-order valence-corrected chi connectivity index (χ4v) is 3.51. The molecule has 1 amide bonds. The first-order valence-electron chi connectivity index (χ1n) is 9.46. The molecule has 1 aromatic heterocycles. The number of anilines is 1. The Kier molecular flexibility index (Phi) is 7.39. The van der Waals surface area contributed by atoms with Crippen LogP contribution in [0.15, 0.2) is 66.3 Å². The van der Waals surface area contributed by atoms with E-state index in [-0.39, 0.29) is 17.3 Å². The lowest BCUT2D eigenvalue weighted by molar-refractivity contribution is -0.384. The molecule has 0 aliphatic heterocycles. The number of thioether (sulfide) groups is 1. The Balaban J connectivity index is 1.67. The predicted octanol–water partition coefficient (Wildman–Crippen LogP) is 4.17. The van der Waals surface area contributed by atoms with E-state index in [0.29, 0.717) is 35.4 Å². The number of amides is 1. The number of nitrogens with zero attached hydrogens (tertiary/aromatic N) is 4. The Morgan fingerprint density at radius 2 is 1.94 bits per heavy atom. The summed E-state index contributed by atoms with van der Waals surface area (Å²) in [5.41, 5.74) is 1.36. The van der Waals surface area contributed by atoms with E-state index in [1.807, 2.05) is 11.5 Å². The van der Waals surface area contributed by atoms with Gasteiger partial charge in [0.15, 0.2) is 11.0 Å². The molecule has 0 saturated carbocycles. The van der Waals surface area contributed by atoms with Crippen molar-refractivity contribution in [2.75, 3.05) is 17.7 Å². The number of nitro benzene ring substituents is 1. The molecule has 0 atom stereocenters. The number of nitro groups is 1. The summed E-state index contributed by atoms with van der Waals surface area (Å²) in [6.07, 6.45) is 1.70. The largest absolute Gasteiger partial charge is 0.494 e. The number of ether oxygens (including phenoxy) is 1. The molecule has 160 valence electrons. The van der Waals surface area contributed by atoms with Crippen LogP contribution in [0.4, 0.5) is 11.4 Å². The maximum atomic E-state index is 12.3. The second-order valence-corrected chi connectivity index (χ2v) is 7.25. The molecule has 1 heterocycles. The summed E-state index contributed by atoms with van der Waals surface area (Å²) in [6.45, 7) is 6.68. The Morgan fingerprint density at radius 1 is 1.23 bits per heavy atom. The standard InChI is InChI=1S/C21H21N5O4S/c1-3-13-25-20(15-5-9-17(10-6-15)26(28)29)23-24-21(25)31-14-19(27)22-16-7-11-18(12-8-16)30-4-2/h3,5-12H,1,4,13-14H2,2H3,(H,22,27). The monoisotopic (exact) mass is 439 g/mol. The van der Waals surface area contributed by atoms with Gasteiger partial charge >= 0.3 is 0 Å². The molecule has 10 heteroatoms. The topological polar surface area (TPSA) is 112 Å². The molecule has 0 saturated heterocycles. The van der Waals surface area contributed by atoms with Gasteiger partial charge in [0.05, 0.1) is 17.3 Å². The Bertz CT molecular complexity index is 1060. The number of hydrogen-bond acceptors (Lipinski definition) is 7. The second-order valence-electron chi connectivity index (χ2n) is 6.30. The number of allylic oxidation sites excluding steroid dienone is 1. The number of aromatic nitrogens is 3. The SMILES string of the molecule is C=CCn1c(SCC(=O)Nc2ccc(OCC)cc2)nnc1-c1ccc([N+](=O)[O-])cc1. The van der Waals surface area contributed by atoms with Gasteiger partial charge in [-0.15, -0.1) is 16.8 Å². The van der Waals surface area contributed by atoms with Crippen molar-refractivity contribution in [1.29, 1.82) is 0 Å². The number of carbonyl (C=O) groups is 1. The second kappa shape index (κ2) is 10.4. The van der Waals surface area contributed by atoms with E-state index < -0.39 is 4.92 Å². The summed E-state index contributed by atoms with van der Waals surface area (Å²) >= 11 is 1.25. The summed E-state index contributed by atoms with van der Waals surface area (Å²) < 4.78 is 7.20. The first-order chi connectivity index (χ1) is 15.0. The van der Waals surface area contributed by atoms with Crippen LogP contribution >= 0.6 is 11.8 Å². The van der Waals surface area contributed by atoms with Crippen LogP contribution in [-0.2, 0) is 11.3 Å². The molecule has 3 aromatic rings. The van der Waals surface area contributed by atoms with Crippen molar-refractivity contribution in [2.24, 2.45) is 0 Å². The third kappa shape index (κ3) is 5.70. The van der Waals surface area contributed by atoms with E-state index in [1.165, 1.54) is 23.9 Å². The van der Waals surface area contributed by atoms with Crippen LogP contribution in [0.5, 0.6) is 5.75 Å². The number of rotatable bonds is 10. The van der Waals surface area contributed by atoms with Gasteiger partial charge in [-0.25, -0.2) is 0 Å². The maximum absolute atomic E-state index is 12.3. The van der Waals surface area contributed by atoms with Crippen molar-refractivity contribution in [3.63, 3.8) is 0 Å². The fraction of sp³-hybridized carbons (Fsp3) is 0.190. The minimum absolute atomic E-state index is 0.000838. The molecule has 3 rings (SSSR count). The number of hydrogen-bond donors (Lipinski definition) is 1.